The summed E-state index contributed by atoms with van der Waals surface area (Å²) < 4.78 is 0. The molecule has 58 heavy (non-hydrogen) atoms. The molecule has 14 heteroatoms. The van der Waals surface area contributed by atoms with Gasteiger partial charge in [-0.25, -0.2) is 9.97 Å². The molecule has 6 aliphatic heterocycles. The molecule has 2 N–H and O–H groups in total. The van der Waals surface area contributed by atoms with E-state index in [1.807, 2.05) is 0 Å². The Morgan fingerprint density at radius 3 is 0.810 bits per heavy atom. The first-order chi connectivity index (χ1) is 25.4. The predicted octanol–water partition coefficient (Wildman–Crippen LogP) is -0.121. The number of aromatic nitrogens is 4. The maximum Gasteiger partial charge on any atom is 3.00 e. The average molecular weight is 917 g/mol. The second-order valence-corrected chi connectivity index (χ2v) is 14.2. The Morgan fingerprint density at radius 1 is 0.397 bits per heavy atom. The van der Waals surface area contributed by atoms with E-state index < -0.39 is 0 Å². The van der Waals surface area contributed by atoms with E-state index >= 15 is 0 Å². The van der Waals surface area contributed by atoms with E-state index in [0.29, 0.717) is 0 Å². The van der Waals surface area contributed by atoms with Gasteiger partial charge in [-0.05, 0) is 120 Å². The van der Waals surface area contributed by atoms with E-state index in [9.17, 15) is 0 Å². The molecule has 9 heterocycles. The van der Waals surface area contributed by atoms with Crippen molar-refractivity contribution in [1.82, 2.24) is 39.5 Å². The molecule has 0 saturated carbocycles. The van der Waals surface area contributed by atoms with Gasteiger partial charge in [0.2, 0.25) is 0 Å². The van der Waals surface area contributed by atoms with Gasteiger partial charge in [-0.3, -0.25) is 0 Å². The molecule has 0 radical (unpaired) electrons. The van der Waals surface area contributed by atoms with E-state index in [1.165, 1.54) is 0 Å². The number of nitrogens with zero attached hydrogens (tertiary/aromatic N) is 6. The fourth-order valence-electron chi connectivity index (χ4n) is 7.48. The first-order valence-electron chi connectivity index (χ1n) is 17.9. The molecular formula is C44H44Cl5MnN8. The summed E-state index contributed by atoms with van der Waals surface area (Å²) in [6.07, 6.45) is 35.2. The third-order valence-corrected chi connectivity index (χ3v) is 10.3. The zero-order valence-corrected chi connectivity index (χ0v) is 37.5. The zero-order valence-electron chi connectivity index (χ0n) is 32.4. The number of aromatic amines is 2. The van der Waals surface area contributed by atoms with Crippen LogP contribution in [0.2, 0.25) is 0 Å². The Balaban J connectivity index is 0.00000150. The molecule has 0 saturated heterocycles. The fourth-order valence-corrected chi connectivity index (χ4v) is 7.48. The Morgan fingerprint density at radius 2 is 0.621 bits per heavy atom. The van der Waals surface area contributed by atoms with Gasteiger partial charge in [-0.2, -0.15) is 0 Å². The van der Waals surface area contributed by atoms with Crippen molar-refractivity contribution in [3.8, 4) is 0 Å². The van der Waals surface area contributed by atoms with E-state index in [4.69, 9.17) is 9.97 Å². The molecule has 9 rings (SSSR count). The van der Waals surface area contributed by atoms with Crippen LogP contribution in [0.3, 0.4) is 0 Å². The summed E-state index contributed by atoms with van der Waals surface area (Å²) in [5.74, 6) is 0. The first-order valence-corrected chi connectivity index (χ1v) is 17.9. The molecule has 6 aliphatic rings. The predicted molar refractivity (Wildman–Crippen MR) is 232 cm³/mol. The monoisotopic (exact) mass is 914 g/mol. The van der Waals surface area contributed by atoms with Gasteiger partial charge in [0.25, 0.3) is 0 Å². The van der Waals surface area contributed by atoms with Gasteiger partial charge in [-0.1, -0.05) is 24.3 Å². The smallest absolute Gasteiger partial charge is 1.00 e. The third kappa shape index (κ3) is 9.27. The standard InChI is InChI=1S/C44H42N8.5ClH.Mn/c1-49-21-13-29(14-22-49)41-33-5-7-35(45-33)42(30-15-23-50(2)24-16-30)37-9-11-39(47-37)44(32-19-27-52(4)28-20-32)40-12-10-38(48-40)43(36-8-6-34(41)46-36)31-17-25-51(3)26-18-31;;;;;;/h5-21,23,25,27,45,48H,22,24,26,28H2,1-4H3;5*1H;/q;;;;;;+3/p-3. The number of halogens is 5. The summed E-state index contributed by atoms with van der Waals surface area (Å²) in [6, 6.07) is 8.79. The van der Waals surface area contributed by atoms with Crippen LogP contribution in [0.4, 0.5) is 0 Å². The molecule has 0 atom stereocenters. The first kappa shape index (κ1) is 48.1. The molecule has 0 unspecified atom stereocenters. The van der Waals surface area contributed by atoms with Gasteiger partial charge in [0.05, 0.1) is 22.8 Å². The molecule has 8 nitrogen and oxygen atoms in total. The maximum absolute atomic E-state index is 5.43. The molecule has 0 amide bonds. The normalized spacial score (nSPS) is 16.1. The molecule has 3 aromatic rings. The molecule has 0 aromatic carbocycles. The molecule has 302 valence electrons. The van der Waals surface area contributed by atoms with Crippen molar-refractivity contribution in [2.24, 2.45) is 0 Å². The Hall–Kier alpha value is -4.31. The molecule has 0 aliphatic carbocycles. The number of fused-ring (bicyclic) bond motifs is 8. The van der Waals surface area contributed by atoms with Crippen LogP contribution in [0.25, 0.3) is 68.7 Å². The van der Waals surface area contributed by atoms with Crippen LogP contribution in [0.1, 0.15) is 45.0 Å². The van der Waals surface area contributed by atoms with E-state index in [2.05, 4.69) is 180 Å². The minimum Gasteiger partial charge on any atom is -1.00 e. The summed E-state index contributed by atoms with van der Waals surface area (Å²) in [7, 11) is 8.39. The second kappa shape index (κ2) is 20.1. The van der Waals surface area contributed by atoms with E-state index in [-0.39, 0.29) is 79.1 Å². The summed E-state index contributed by atoms with van der Waals surface area (Å²) in [6.45, 7) is 3.31. The van der Waals surface area contributed by atoms with E-state index in [0.717, 1.165) is 116 Å². The summed E-state index contributed by atoms with van der Waals surface area (Å²) in [4.78, 5) is 27.3. The topological polar surface area (TPSA) is 70.3 Å². The summed E-state index contributed by atoms with van der Waals surface area (Å²) >= 11 is 0. The van der Waals surface area contributed by atoms with Crippen molar-refractivity contribution in [1.29, 1.82) is 0 Å². The van der Waals surface area contributed by atoms with Crippen molar-refractivity contribution in [3.63, 3.8) is 0 Å². The van der Waals surface area contributed by atoms with Crippen molar-refractivity contribution in [2.75, 3.05) is 54.4 Å². The minimum absolute atomic E-state index is 0. The van der Waals surface area contributed by atoms with Gasteiger partial charge in [0, 0.05) is 98.7 Å². The van der Waals surface area contributed by atoms with Gasteiger partial charge in [0.1, 0.15) is 0 Å². The van der Waals surface area contributed by atoms with Gasteiger partial charge in [0.15, 0.2) is 0 Å². The molecule has 0 spiro atoms. The van der Waals surface area contributed by atoms with Crippen molar-refractivity contribution < 1.29 is 54.3 Å². The molecule has 8 bridgehead atoms. The van der Waals surface area contributed by atoms with Crippen molar-refractivity contribution >= 4 is 93.5 Å². The molecular weight excluding hydrogens is 873 g/mol. The maximum atomic E-state index is 5.43. The number of H-pyrrole nitrogens is 2. The van der Waals surface area contributed by atoms with Crippen molar-refractivity contribution in [3.05, 3.63) is 143 Å². The number of allylic oxidation sites excluding steroid dienone is 8. The zero-order chi connectivity index (χ0) is 35.3. The van der Waals surface area contributed by atoms with Crippen LogP contribution in [0.5, 0.6) is 0 Å². The SMILES string of the molecule is CN1C=CC(c2c3nc(c(C4=CCN(C)C=C4)c4ccc([nH]4)c(C4=CCN(C)C=C4)c4nc(c(C5=CCN(C)C=C5)c5ccc2[nH]5)C=C4)C=C3)=CC1.Cl.Cl.[Cl-].[Cl-].[Cl-].[Mn+3]. The largest absolute Gasteiger partial charge is 3.00 e. The average Bonchev–Trinajstić information content (AvgIpc) is 3.99. The van der Waals surface area contributed by atoms with Crippen LogP contribution in [0.15, 0.2) is 97.7 Å². The number of nitrogens with one attached hydrogen (secondary N) is 2. The fraction of sp³-hybridized carbons (Fsp3) is 0.182. The summed E-state index contributed by atoms with van der Waals surface area (Å²) in [5, 5.41) is 0. The van der Waals surface area contributed by atoms with Crippen LogP contribution >= 0.6 is 24.8 Å². The molecule has 3 aromatic heterocycles. The van der Waals surface area contributed by atoms with Crippen LogP contribution < -0.4 is 37.2 Å². The second-order valence-electron chi connectivity index (χ2n) is 14.2. The summed E-state index contributed by atoms with van der Waals surface area (Å²) in [5.41, 5.74) is 16.7. The van der Waals surface area contributed by atoms with Crippen LogP contribution in [-0.4, -0.2) is 93.9 Å². The number of hydrogen-bond donors (Lipinski definition) is 2. The Kier molecular flexibility index (Phi) is 16.7. The van der Waals surface area contributed by atoms with Gasteiger partial charge < -0.3 is 66.8 Å². The van der Waals surface area contributed by atoms with Crippen LogP contribution in [0, 0.1) is 0 Å². The Labute approximate surface area is 381 Å². The third-order valence-electron chi connectivity index (χ3n) is 10.3. The number of hydrogen-bond acceptors (Lipinski definition) is 6. The minimum atomic E-state index is 0. The Bertz CT molecular complexity index is 2180. The van der Waals surface area contributed by atoms with E-state index in [1.54, 1.807) is 0 Å². The van der Waals surface area contributed by atoms with Crippen molar-refractivity contribution in [2.45, 2.75) is 0 Å². The molecule has 0 fully saturated rings. The van der Waals surface area contributed by atoms with Gasteiger partial charge >= 0.3 is 17.1 Å². The number of likely N-dealkylation sites (N-methyl/N-ethyl adjacent to an activating group) is 4. The number of rotatable bonds is 4. The van der Waals surface area contributed by atoms with Gasteiger partial charge in [-0.15, -0.1) is 24.8 Å². The quantitative estimate of drug-likeness (QED) is 0.246. The van der Waals surface area contributed by atoms with Crippen LogP contribution in [-0.2, 0) is 17.1 Å².